The zero-order valence-corrected chi connectivity index (χ0v) is 10.4. The Hall–Kier alpha value is -2.08. The molecule has 0 N–H and O–H groups in total. The lowest BCUT2D eigenvalue weighted by Gasteiger charge is -2.20. The summed E-state index contributed by atoms with van der Waals surface area (Å²) in [5.74, 6) is 0. The summed E-state index contributed by atoms with van der Waals surface area (Å²) >= 11 is 0. The van der Waals surface area contributed by atoms with Crippen molar-refractivity contribution < 1.29 is 0 Å². The van der Waals surface area contributed by atoms with Crippen molar-refractivity contribution in [2.24, 2.45) is 0 Å². The maximum atomic E-state index is 3.84. The largest absolute Gasteiger partial charge is 0.0985 e. The standard InChI is InChI=1S/C18H16/c1-3-13-5-7-15-12-18-10-14(4-2)6-8-16(18)11-17(15)9-13/h3-10H,1-2,11-12H2. The highest BCUT2D eigenvalue weighted by molar-refractivity contribution is 5.56. The predicted octanol–water partition coefficient (Wildman–Crippen LogP) is 4.47. The third-order valence-corrected chi connectivity index (χ3v) is 3.69. The molecule has 0 saturated heterocycles. The van der Waals surface area contributed by atoms with Crippen LogP contribution in [0, 0.1) is 0 Å². The minimum atomic E-state index is 1.03. The molecule has 0 aliphatic heterocycles. The van der Waals surface area contributed by atoms with Gasteiger partial charge < -0.3 is 0 Å². The van der Waals surface area contributed by atoms with Gasteiger partial charge >= 0.3 is 0 Å². The molecule has 0 heteroatoms. The molecule has 0 nitrogen and oxygen atoms in total. The van der Waals surface area contributed by atoms with E-state index in [-0.39, 0.29) is 0 Å². The fourth-order valence-corrected chi connectivity index (χ4v) is 2.63. The van der Waals surface area contributed by atoms with Crippen molar-refractivity contribution in [2.45, 2.75) is 12.8 Å². The fourth-order valence-electron chi connectivity index (χ4n) is 2.63. The Morgan fingerprint density at radius 2 is 1.11 bits per heavy atom. The molecule has 0 aromatic heterocycles. The Bertz CT molecular complexity index is 575. The molecular formula is C18H16. The third kappa shape index (κ3) is 1.80. The number of hydrogen-bond acceptors (Lipinski definition) is 0. The zero-order chi connectivity index (χ0) is 12.5. The minimum Gasteiger partial charge on any atom is -0.0985 e. The van der Waals surface area contributed by atoms with E-state index < -0.39 is 0 Å². The molecule has 0 fully saturated rings. The third-order valence-electron chi connectivity index (χ3n) is 3.69. The summed E-state index contributed by atoms with van der Waals surface area (Å²) in [6.45, 7) is 7.67. The van der Waals surface area contributed by atoms with Gasteiger partial charge in [0.15, 0.2) is 0 Å². The number of fused-ring (bicyclic) bond motifs is 2. The van der Waals surface area contributed by atoms with Gasteiger partial charge in [0.1, 0.15) is 0 Å². The van der Waals surface area contributed by atoms with Crippen LogP contribution in [-0.4, -0.2) is 0 Å². The van der Waals surface area contributed by atoms with Gasteiger partial charge in [-0.25, -0.2) is 0 Å². The van der Waals surface area contributed by atoms with Crippen LogP contribution in [0.4, 0.5) is 0 Å². The van der Waals surface area contributed by atoms with E-state index in [9.17, 15) is 0 Å². The second kappa shape index (κ2) is 4.30. The lowest BCUT2D eigenvalue weighted by Crippen LogP contribution is -2.07. The molecular weight excluding hydrogens is 216 g/mol. The monoisotopic (exact) mass is 232 g/mol. The van der Waals surface area contributed by atoms with Crippen LogP contribution in [-0.2, 0) is 12.8 Å². The SMILES string of the molecule is C=Cc1ccc2c(c1)Cc1ccc(C=C)cc1C2. The van der Waals surface area contributed by atoms with E-state index in [0.717, 1.165) is 12.8 Å². The molecule has 1 aliphatic rings. The lowest BCUT2D eigenvalue weighted by molar-refractivity contribution is 0.999. The molecule has 0 atom stereocenters. The quantitative estimate of drug-likeness (QED) is 0.611. The van der Waals surface area contributed by atoms with E-state index in [1.165, 1.54) is 33.4 Å². The van der Waals surface area contributed by atoms with Crippen LogP contribution < -0.4 is 0 Å². The molecule has 2 aromatic carbocycles. The van der Waals surface area contributed by atoms with Crippen molar-refractivity contribution in [3.05, 3.63) is 82.9 Å². The second-order valence-corrected chi connectivity index (χ2v) is 4.82. The number of hydrogen-bond donors (Lipinski definition) is 0. The van der Waals surface area contributed by atoms with Crippen LogP contribution in [0.5, 0.6) is 0 Å². The van der Waals surface area contributed by atoms with Gasteiger partial charge in [0, 0.05) is 0 Å². The van der Waals surface area contributed by atoms with Crippen LogP contribution in [0.15, 0.2) is 49.6 Å². The fraction of sp³-hybridized carbons (Fsp3) is 0.111. The molecule has 0 unspecified atom stereocenters. The van der Waals surface area contributed by atoms with Gasteiger partial charge in [-0.15, -0.1) is 0 Å². The highest BCUT2D eigenvalue weighted by Gasteiger charge is 2.15. The number of rotatable bonds is 2. The van der Waals surface area contributed by atoms with E-state index in [0.29, 0.717) is 0 Å². The van der Waals surface area contributed by atoms with E-state index in [1.807, 2.05) is 12.2 Å². The topological polar surface area (TPSA) is 0 Å². The molecule has 0 radical (unpaired) electrons. The van der Waals surface area contributed by atoms with Crippen molar-refractivity contribution in [2.75, 3.05) is 0 Å². The second-order valence-electron chi connectivity index (χ2n) is 4.82. The van der Waals surface area contributed by atoms with Crippen LogP contribution in [0.2, 0.25) is 0 Å². The van der Waals surface area contributed by atoms with Crippen molar-refractivity contribution in [3.8, 4) is 0 Å². The molecule has 0 saturated carbocycles. The normalized spacial score (nSPS) is 12.4. The van der Waals surface area contributed by atoms with Gasteiger partial charge in [-0.3, -0.25) is 0 Å². The van der Waals surface area contributed by atoms with Crippen molar-refractivity contribution in [3.63, 3.8) is 0 Å². The summed E-state index contributed by atoms with van der Waals surface area (Å²) in [5, 5.41) is 0. The van der Waals surface area contributed by atoms with Crippen molar-refractivity contribution >= 4 is 12.2 Å². The Morgan fingerprint density at radius 3 is 1.50 bits per heavy atom. The van der Waals surface area contributed by atoms with Gasteiger partial charge in [0.2, 0.25) is 0 Å². The summed E-state index contributed by atoms with van der Waals surface area (Å²) in [5.41, 5.74) is 8.17. The Balaban J connectivity index is 2.05. The first-order valence-corrected chi connectivity index (χ1v) is 6.28. The summed E-state index contributed by atoms with van der Waals surface area (Å²) in [7, 11) is 0. The average Bonchev–Trinajstić information content (AvgIpc) is 2.43. The van der Waals surface area contributed by atoms with E-state index in [4.69, 9.17) is 0 Å². The van der Waals surface area contributed by atoms with Crippen molar-refractivity contribution in [1.29, 1.82) is 0 Å². The molecule has 88 valence electrons. The average molecular weight is 232 g/mol. The first-order chi connectivity index (χ1) is 8.80. The first kappa shape index (κ1) is 11.0. The predicted molar refractivity (Wildman–Crippen MR) is 78.7 cm³/mol. The Labute approximate surface area is 108 Å². The van der Waals surface area contributed by atoms with Gasteiger partial charge in [-0.2, -0.15) is 0 Å². The lowest BCUT2D eigenvalue weighted by atomic mass is 9.84. The smallest absolute Gasteiger partial charge is 0.00199 e. The summed E-state index contributed by atoms with van der Waals surface area (Å²) in [4.78, 5) is 0. The van der Waals surface area contributed by atoms with E-state index in [1.54, 1.807) is 0 Å². The summed E-state index contributed by atoms with van der Waals surface area (Å²) in [6.07, 6.45) is 5.89. The molecule has 18 heavy (non-hydrogen) atoms. The number of benzene rings is 2. The molecule has 2 aromatic rings. The highest BCUT2D eigenvalue weighted by Crippen LogP contribution is 2.28. The van der Waals surface area contributed by atoms with Crippen LogP contribution in [0.1, 0.15) is 33.4 Å². The van der Waals surface area contributed by atoms with Crippen LogP contribution in [0.3, 0.4) is 0 Å². The molecule has 0 spiro atoms. The van der Waals surface area contributed by atoms with Gasteiger partial charge in [-0.05, 0) is 46.2 Å². The van der Waals surface area contributed by atoms with Gasteiger partial charge in [0.05, 0.1) is 0 Å². The molecule has 0 amide bonds. The van der Waals surface area contributed by atoms with Crippen molar-refractivity contribution in [1.82, 2.24) is 0 Å². The maximum Gasteiger partial charge on any atom is -0.00199 e. The van der Waals surface area contributed by atoms with Gasteiger partial charge in [0.25, 0.3) is 0 Å². The summed E-state index contributed by atoms with van der Waals surface area (Å²) in [6, 6.07) is 13.3. The first-order valence-electron chi connectivity index (χ1n) is 6.28. The van der Waals surface area contributed by atoms with Gasteiger partial charge in [-0.1, -0.05) is 61.7 Å². The van der Waals surface area contributed by atoms with Crippen LogP contribution in [0.25, 0.3) is 12.2 Å². The highest BCUT2D eigenvalue weighted by atomic mass is 14.2. The van der Waals surface area contributed by atoms with E-state index >= 15 is 0 Å². The Kier molecular flexibility index (Phi) is 2.64. The molecule has 0 heterocycles. The molecule has 1 aliphatic carbocycles. The zero-order valence-electron chi connectivity index (χ0n) is 10.4. The van der Waals surface area contributed by atoms with E-state index in [2.05, 4.69) is 49.6 Å². The maximum absolute atomic E-state index is 3.84. The summed E-state index contributed by atoms with van der Waals surface area (Å²) < 4.78 is 0. The van der Waals surface area contributed by atoms with Crippen LogP contribution >= 0.6 is 0 Å². The molecule has 0 bridgehead atoms. The Morgan fingerprint density at radius 1 is 0.667 bits per heavy atom. The minimum absolute atomic E-state index is 1.03. The molecule has 3 rings (SSSR count).